The maximum absolute atomic E-state index is 10.9. The summed E-state index contributed by atoms with van der Waals surface area (Å²) in [4.78, 5) is 14.2. The lowest BCUT2D eigenvalue weighted by Crippen LogP contribution is -1.92. The molecule has 15 heavy (non-hydrogen) atoms. The molecule has 2 aromatic rings. The van der Waals surface area contributed by atoms with E-state index in [1.807, 2.05) is 6.20 Å². The Morgan fingerprint density at radius 2 is 2.20 bits per heavy atom. The number of benzene rings is 1. The van der Waals surface area contributed by atoms with Crippen molar-refractivity contribution in [2.24, 2.45) is 0 Å². The van der Waals surface area contributed by atoms with E-state index in [0.717, 1.165) is 11.9 Å². The second-order valence-corrected chi connectivity index (χ2v) is 4.06. The molecule has 0 atom stereocenters. The molecule has 2 nitrogen and oxygen atoms in total. The summed E-state index contributed by atoms with van der Waals surface area (Å²) in [5, 5.41) is 1.25. The van der Waals surface area contributed by atoms with Gasteiger partial charge in [-0.3, -0.25) is 0 Å². The zero-order valence-electron chi connectivity index (χ0n) is 9.13. The van der Waals surface area contributed by atoms with Crippen molar-refractivity contribution in [3.8, 4) is 0 Å². The molecule has 1 N–H and O–H groups in total. The van der Waals surface area contributed by atoms with Gasteiger partial charge in [0.05, 0.1) is 0 Å². The third-order valence-corrected chi connectivity index (χ3v) is 2.67. The number of nitrogens with one attached hydrogen (secondary N) is 1. The molecule has 1 heterocycles. The highest BCUT2D eigenvalue weighted by Gasteiger charge is 2.04. The SMILES string of the molecule is CC(=O)CCc1c[nH]c2ccc(C)cc12. The Balaban J connectivity index is 2.35. The van der Waals surface area contributed by atoms with Crippen LogP contribution < -0.4 is 0 Å². The van der Waals surface area contributed by atoms with Crippen LogP contribution in [0.4, 0.5) is 0 Å². The third-order valence-electron chi connectivity index (χ3n) is 2.67. The van der Waals surface area contributed by atoms with Crippen molar-refractivity contribution in [3.05, 3.63) is 35.5 Å². The number of rotatable bonds is 3. The number of ketones is 1. The first kappa shape index (κ1) is 9.97. The average Bonchev–Trinajstić information content (AvgIpc) is 2.57. The molecule has 0 spiro atoms. The quantitative estimate of drug-likeness (QED) is 0.813. The second-order valence-electron chi connectivity index (χ2n) is 4.06. The van der Waals surface area contributed by atoms with Crippen LogP contribution in [0.5, 0.6) is 0 Å². The van der Waals surface area contributed by atoms with Crippen LogP contribution in [0.3, 0.4) is 0 Å². The molecule has 2 heteroatoms. The molecule has 1 aromatic carbocycles. The summed E-state index contributed by atoms with van der Waals surface area (Å²) in [7, 11) is 0. The monoisotopic (exact) mass is 201 g/mol. The molecule has 0 unspecified atom stereocenters. The van der Waals surface area contributed by atoms with Crippen molar-refractivity contribution >= 4 is 16.7 Å². The van der Waals surface area contributed by atoms with Crippen LogP contribution in [0.2, 0.25) is 0 Å². The highest BCUT2D eigenvalue weighted by molar-refractivity contribution is 5.84. The Labute approximate surface area is 89.3 Å². The lowest BCUT2D eigenvalue weighted by Gasteiger charge is -1.98. The number of hydrogen-bond donors (Lipinski definition) is 1. The van der Waals surface area contributed by atoms with Crippen molar-refractivity contribution in [2.45, 2.75) is 26.7 Å². The first-order valence-electron chi connectivity index (χ1n) is 5.23. The van der Waals surface area contributed by atoms with Gasteiger partial charge in [0.25, 0.3) is 0 Å². The Hall–Kier alpha value is -1.57. The van der Waals surface area contributed by atoms with Crippen LogP contribution in [-0.4, -0.2) is 10.8 Å². The molecule has 78 valence electrons. The maximum atomic E-state index is 10.9. The van der Waals surface area contributed by atoms with Gasteiger partial charge < -0.3 is 9.78 Å². The average molecular weight is 201 g/mol. The normalized spacial score (nSPS) is 10.8. The summed E-state index contributed by atoms with van der Waals surface area (Å²) in [5.74, 6) is 0.247. The number of aromatic nitrogens is 1. The van der Waals surface area contributed by atoms with E-state index in [9.17, 15) is 4.79 Å². The standard InChI is InChI=1S/C13H15NO/c1-9-3-6-13-12(7-9)11(8-14-13)5-4-10(2)15/h3,6-8,14H,4-5H2,1-2H3. The maximum Gasteiger partial charge on any atom is 0.130 e. The van der Waals surface area contributed by atoms with Crippen LogP contribution in [0, 0.1) is 6.92 Å². The van der Waals surface area contributed by atoms with Gasteiger partial charge in [-0.25, -0.2) is 0 Å². The second kappa shape index (κ2) is 3.89. The molecular formula is C13H15NO. The number of fused-ring (bicyclic) bond motifs is 1. The third kappa shape index (κ3) is 2.09. The van der Waals surface area contributed by atoms with Crippen LogP contribution in [0.15, 0.2) is 24.4 Å². The Bertz CT molecular complexity index is 496. The van der Waals surface area contributed by atoms with E-state index < -0.39 is 0 Å². The number of carbonyl (C=O) groups is 1. The minimum absolute atomic E-state index is 0.247. The van der Waals surface area contributed by atoms with Gasteiger partial charge in [-0.2, -0.15) is 0 Å². The molecule has 0 aliphatic rings. The van der Waals surface area contributed by atoms with Crippen molar-refractivity contribution in [1.82, 2.24) is 4.98 Å². The summed E-state index contributed by atoms with van der Waals surface area (Å²) < 4.78 is 0. The van der Waals surface area contributed by atoms with Crippen LogP contribution >= 0.6 is 0 Å². The van der Waals surface area contributed by atoms with Crippen LogP contribution in [-0.2, 0) is 11.2 Å². The fraction of sp³-hybridized carbons (Fsp3) is 0.308. The number of aromatic amines is 1. The minimum Gasteiger partial charge on any atom is -0.361 e. The molecular weight excluding hydrogens is 186 g/mol. The summed E-state index contributed by atoms with van der Waals surface area (Å²) in [5.41, 5.74) is 3.65. The van der Waals surface area contributed by atoms with Crippen molar-refractivity contribution in [2.75, 3.05) is 0 Å². The van der Waals surface area contributed by atoms with Gasteiger partial charge in [-0.05, 0) is 38.0 Å². The Morgan fingerprint density at radius 3 is 2.93 bits per heavy atom. The first-order valence-corrected chi connectivity index (χ1v) is 5.23. The predicted octanol–water partition coefficient (Wildman–Crippen LogP) is 3.00. The number of H-pyrrole nitrogens is 1. The predicted molar refractivity (Wildman–Crippen MR) is 62.0 cm³/mol. The van der Waals surface area contributed by atoms with E-state index in [4.69, 9.17) is 0 Å². The molecule has 0 saturated carbocycles. The molecule has 0 fully saturated rings. The van der Waals surface area contributed by atoms with Crippen molar-refractivity contribution in [3.63, 3.8) is 0 Å². The molecule has 0 aliphatic carbocycles. The van der Waals surface area contributed by atoms with Gasteiger partial charge in [0.15, 0.2) is 0 Å². The summed E-state index contributed by atoms with van der Waals surface area (Å²) in [6, 6.07) is 6.34. The summed E-state index contributed by atoms with van der Waals surface area (Å²) >= 11 is 0. The van der Waals surface area contributed by atoms with Gasteiger partial charge in [-0.1, -0.05) is 11.6 Å². The molecule has 0 radical (unpaired) electrons. The zero-order valence-corrected chi connectivity index (χ0v) is 9.13. The molecule has 1 aromatic heterocycles. The highest BCUT2D eigenvalue weighted by Crippen LogP contribution is 2.20. The van der Waals surface area contributed by atoms with Crippen molar-refractivity contribution < 1.29 is 4.79 Å². The zero-order chi connectivity index (χ0) is 10.8. The van der Waals surface area contributed by atoms with E-state index in [1.165, 1.54) is 16.5 Å². The summed E-state index contributed by atoms with van der Waals surface area (Å²) in [6.07, 6.45) is 3.47. The van der Waals surface area contributed by atoms with Crippen LogP contribution in [0.1, 0.15) is 24.5 Å². The molecule has 0 saturated heterocycles. The van der Waals surface area contributed by atoms with E-state index >= 15 is 0 Å². The molecule has 2 rings (SSSR count). The fourth-order valence-corrected chi connectivity index (χ4v) is 1.81. The van der Waals surface area contributed by atoms with E-state index in [-0.39, 0.29) is 5.78 Å². The summed E-state index contributed by atoms with van der Waals surface area (Å²) in [6.45, 7) is 3.72. The molecule has 0 amide bonds. The van der Waals surface area contributed by atoms with Gasteiger partial charge in [0, 0.05) is 23.5 Å². The molecule has 0 aliphatic heterocycles. The number of Topliss-reactive ketones (excluding diaryl/α,β-unsaturated/α-hetero) is 1. The number of hydrogen-bond acceptors (Lipinski definition) is 1. The minimum atomic E-state index is 0.247. The smallest absolute Gasteiger partial charge is 0.130 e. The topological polar surface area (TPSA) is 32.9 Å². The van der Waals surface area contributed by atoms with E-state index in [1.54, 1.807) is 6.92 Å². The number of aryl methyl sites for hydroxylation is 2. The number of carbonyl (C=O) groups excluding carboxylic acids is 1. The van der Waals surface area contributed by atoms with Gasteiger partial charge in [-0.15, -0.1) is 0 Å². The Kier molecular flexibility index (Phi) is 2.58. The lowest BCUT2D eigenvalue weighted by molar-refractivity contribution is -0.116. The molecule has 0 bridgehead atoms. The Morgan fingerprint density at radius 1 is 1.40 bits per heavy atom. The first-order chi connectivity index (χ1) is 7.16. The highest BCUT2D eigenvalue weighted by atomic mass is 16.1. The lowest BCUT2D eigenvalue weighted by atomic mass is 10.1. The van der Waals surface area contributed by atoms with Gasteiger partial charge in [0.1, 0.15) is 5.78 Å². The van der Waals surface area contributed by atoms with E-state index in [2.05, 4.69) is 30.1 Å². The van der Waals surface area contributed by atoms with E-state index in [0.29, 0.717) is 6.42 Å². The van der Waals surface area contributed by atoms with Crippen LogP contribution in [0.25, 0.3) is 10.9 Å². The van der Waals surface area contributed by atoms with Gasteiger partial charge in [0.2, 0.25) is 0 Å². The largest absolute Gasteiger partial charge is 0.361 e. The van der Waals surface area contributed by atoms with Gasteiger partial charge >= 0.3 is 0 Å². The fourth-order valence-electron chi connectivity index (χ4n) is 1.81. The van der Waals surface area contributed by atoms with Crippen molar-refractivity contribution in [1.29, 1.82) is 0 Å².